The third-order valence-corrected chi connectivity index (χ3v) is 5.75. The van der Waals surface area contributed by atoms with Crippen molar-refractivity contribution in [3.05, 3.63) is 29.3 Å². The van der Waals surface area contributed by atoms with Gasteiger partial charge < -0.3 is 40.5 Å². The summed E-state index contributed by atoms with van der Waals surface area (Å²) in [5.41, 5.74) is 0.219. The maximum absolute atomic E-state index is 12.9. The van der Waals surface area contributed by atoms with Crippen molar-refractivity contribution in [1.82, 2.24) is 20.4 Å². The van der Waals surface area contributed by atoms with Gasteiger partial charge in [0.05, 0.1) is 18.1 Å². The summed E-state index contributed by atoms with van der Waals surface area (Å²) in [6.45, 7) is 0.979. The molecule has 5 amide bonds. The monoisotopic (exact) mass is 492 g/mol. The summed E-state index contributed by atoms with van der Waals surface area (Å²) in [6, 6.07) is 1.44. The van der Waals surface area contributed by atoms with Gasteiger partial charge in [0.1, 0.15) is 17.9 Å². The summed E-state index contributed by atoms with van der Waals surface area (Å²) in [4.78, 5) is 63.0. The molecular weight excluding hydrogens is 467 g/mol. The number of carbonyl (C=O) groups is 5. The zero-order valence-corrected chi connectivity index (χ0v) is 18.7. The largest absolute Gasteiger partial charge is 0.547 e. The predicted molar refractivity (Wildman–Crippen MR) is 117 cm³/mol. The second-order valence-corrected chi connectivity index (χ2v) is 7.95. The van der Waals surface area contributed by atoms with Crippen LogP contribution >= 0.6 is 0 Å². The molecule has 1 aromatic rings. The molecular formula is C20H25BN4O10. The Kier molecular flexibility index (Phi) is 7.94. The van der Waals surface area contributed by atoms with Gasteiger partial charge in [0.2, 0.25) is 5.91 Å². The van der Waals surface area contributed by atoms with E-state index in [2.05, 4.69) is 10.6 Å². The number of carboxylic acid groups (broad SMARTS) is 1. The molecule has 2 heterocycles. The highest BCUT2D eigenvalue weighted by Crippen LogP contribution is 2.30. The molecule has 1 fully saturated rings. The van der Waals surface area contributed by atoms with Crippen LogP contribution in [0.15, 0.2) is 18.2 Å². The number of imide groups is 1. The normalized spacial score (nSPS) is 19.4. The van der Waals surface area contributed by atoms with E-state index >= 15 is 0 Å². The van der Waals surface area contributed by atoms with Gasteiger partial charge in [-0.15, -0.1) is 0 Å². The number of hydrogen-bond donors (Lipinski definition) is 6. The van der Waals surface area contributed by atoms with Gasteiger partial charge >= 0.3 is 30.9 Å². The minimum Gasteiger partial charge on any atom is -0.534 e. The van der Waals surface area contributed by atoms with Crippen molar-refractivity contribution in [2.45, 2.75) is 31.4 Å². The molecule has 3 rings (SSSR count). The van der Waals surface area contributed by atoms with E-state index in [-0.39, 0.29) is 37.4 Å². The Hall–Kier alpha value is -3.69. The second kappa shape index (κ2) is 10.7. The van der Waals surface area contributed by atoms with Crippen molar-refractivity contribution in [2.24, 2.45) is 0 Å². The Morgan fingerprint density at radius 1 is 1.23 bits per heavy atom. The number of benzene rings is 1. The number of nitrogens with zero attached hydrogens (tertiary/aromatic N) is 2. The van der Waals surface area contributed by atoms with Gasteiger partial charge in [-0.2, -0.15) is 0 Å². The summed E-state index contributed by atoms with van der Waals surface area (Å²) < 4.78 is 5.29. The summed E-state index contributed by atoms with van der Waals surface area (Å²) in [6.07, 6.45) is -1.82. The molecule has 2 aliphatic heterocycles. The first-order valence-corrected chi connectivity index (χ1v) is 10.8. The number of nitrogens with one attached hydrogen (secondary N) is 2. The molecule has 14 nitrogen and oxygen atoms in total. The van der Waals surface area contributed by atoms with Crippen LogP contribution in [-0.2, 0) is 20.8 Å². The zero-order valence-electron chi connectivity index (χ0n) is 18.7. The number of piperazine rings is 1. The summed E-state index contributed by atoms with van der Waals surface area (Å²) in [7, 11) is -1.66. The van der Waals surface area contributed by atoms with E-state index < -0.39 is 61.5 Å². The fourth-order valence-electron chi connectivity index (χ4n) is 3.81. The molecule has 1 unspecified atom stereocenters. The van der Waals surface area contributed by atoms with Crippen LogP contribution in [0.25, 0.3) is 0 Å². The molecule has 3 atom stereocenters. The van der Waals surface area contributed by atoms with Crippen LogP contribution in [0.2, 0.25) is 0 Å². The van der Waals surface area contributed by atoms with Crippen molar-refractivity contribution >= 4 is 36.8 Å². The Morgan fingerprint density at radius 2 is 1.94 bits per heavy atom. The topological polar surface area (TPSA) is 206 Å². The molecule has 188 valence electrons. The van der Waals surface area contributed by atoms with Gasteiger partial charge in [0.15, 0.2) is 0 Å². The van der Waals surface area contributed by atoms with Crippen molar-refractivity contribution in [3.63, 3.8) is 0 Å². The predicted octanol–water partition coefficient (Wildman–Crippen LogP) is -3.05. The lowest BCUT2D eigenvalue weighted by Crippen LogP contribution is -2.64. The van der Waals surface area contributed by atoms with Crippen molar-refractivity contribution in [2.75, 3.05) is 26.2 Å². The number of aliphatic hydroxyl groups excluding tert-OH is 2. The van der Waals surface area contributed by atoms with Gasteiger partial charge in [0, 0.05) is 19.6 Å². The van der Waals surface area contributed by atoms with Crippen LogP contribution in [-0.4, -0.2) is 111 Å². The van der Waals surface area contributed by atoms with Gasteiger partial charge in [-0.1, -0.05) is 12.1 Å². The first-order chi connectivity index (χ1) is 16.6. The number of carbonyl (C=O) groups excluding carboxylic acids is 4. The lowest BCUT2D eigenvalue weighted by atomic mass is 9.72. The van der Waals surface area contributed by atoms with E-state index in [4.69, 9.17) is 4.65 Å². The minimum atomic E-state index is -1.78. The number of carboxylic acids is 1. The van der Waals surface area contributed by atoms with Crippen molar-refractivity contribution in [3.8, 4) is 5.75 Å². The molecule has 0 saturated carbocycles. The van der Waals surface area contributed by atoms with Crippen LogP contribution in [0.4, 0.5) is 4.79 Å². The molecule has 15 heteroatoms. The Bertz CT molecular complexity index is 1040. The Labute approximate surface area is 199 Å². The van der Waals surface area contributed by atoms with Crippen molar-refractivity contribution < 1.29 is 49.0 Å². The van der Waals surface area contributed by atoms with E-state index in [1.54, 1.807) is 13.0 Å². The first-order valence-electron chi connectivity index (χ1n) is 10.8. The van der Waals surface area contributed by atoms with Crippen molar-refractivity contribution in [1.29, 1.82) is 0 Å². The van der Waals surface area contributed by atoms with Crippen LogP contribution in [0, 0.1) is 0 Å². The van der Waals surface area contributed by atoms with Crippen LogP contribution in [0.5, 0.6) is 5.75 Å². The molecule has 0 bridgehead atoms. The second-order valence-electron chi connectivity index (χ2n) is 7.95. The Morgan fingerprint density at radius 3 is 2.57 bits per heavy atom. The minimum absolute atomic E-state index is 0.0365. The van der Waals surface area contributed by atoms with Gasteiger partial charge in [-0.25, -0.2) is 9.59 Å². The van der Waals surface area contributed by atoms with Gasteiger partial charge in [0.25, 0.3) is 0 Å². The average Bonchev–Trinajstić information content (AvgIpc) is 2.83. The fourth-order valence-corrected chi connectivity index (χ4v) is 3.81. The molecule has 35 heavy (non-hydrogen) atoms. The van der Waals surface area contributed by atoms with Crippen LogP contribution in [0.1, 0.15) is 22.8 Å². The molecule has 0 spiro atoms. The smallest absolute Gasteiger partial charge is 0.534 e. The quantitative estimate of drug-likeness (QED) is 0.167. The maximum Gasteiger partial charge on any atom is 0.547 e. The highest BCUT2D eigenvalue weighted by atomic mass is 16.5. The number of rotatable bonds is 7. The maximum atomic E-state index is 12.9. The number of aliphatic hydroxyl groups is 2. The number of likely N-dealkylation sites (N-methyl/N-ethyl adjacent to an activating group) is 1. The molecule has 2 aliphatic rings. The summed E-state index contributed by atoms with van der Waals surface area (Å²) in [5, 5.41) is 43.6. The number of urea groups is 1. The third-order valence-electron chi connectivity index (χ3n) is 5.75. The fraction of sp³-hybridized carbons (Fsp3) is 0.450. The summed E-state index contributed by atoms with van der Waals surface area (Å²) >= 11 is 0. The number of aromatic carboxylic acids is 1. The lowest BCUT2D eigenvalue weighted by molar-refractivity contribution is -0.153. The van der Waals surface area contributed by atoms with E-state index in [1.807, 2.05) is 0 Å². The number of para-hydroxylation sites is 1. The van der Waals surface area contributed by atoms with E-state index in [0.717, 1.165) is 0 Å². The first kappa shape index (κ1) is 25.9. The SMILES string of the molecule is CCN1CCN(C(=O)N[C@H](C(=O)NC2Cc3cccc(C(=O)O)c3OB2O)[C@H](O)CO)C(=O)C1=O. The van der Waals surface area contributed by atoms with E-state index in [9.17, 15) is 44.3 Å². The lowest BCUT2D eigenvalue weighted by Gasteiger charge is -2.34. The van der Waals surface area contributed by atoms with Gasteiger partial charge in [-0.05, 0) is 25.0 Å². The zero-order chi connectivity index (χ0) is 25.9. The summed E-state index contributed by atoms with van der Waals surface area (Å²) in [5.74, 6) is -5.42. The molecule has 1 aromatic carbocycles. The van der Waals surface area contributed by atoms with Gasteiger partial charge in [-0.3, -0.25) is 19.3 Å². The third kappa shape index (κ3) is 5.36. The molecule has 0 aliphatic carbocycles. The Balaban J connectivity index is 1.72. The molecule has 0 radical (unpaired) electrons. The number of fused-ring (bicyclic) bond motifs is 1. The number of hydrogen-bond acceptors (Lipinski definition) is 9. The average molecular weight is 492 g/mol. The standard InChI is InChI=1S/C20H25BN4O10/c1-2-24-6-7-25(18(30)17(24)29)20(33)23-14(12(27)9-26)16(28)22-13-8-10-4-3-5-11(19(31)32)15(10)35-21(13)34/h3-5,12-14,26-27,34H,2,6-9H2,1H3,(H,22,28)(H,23,33)(H,31,32)/t12-,13?,14+/m1/s1. The van der Waals surface area contributed by atoms with E-state index in [0.29, 0.717) is 10.5 Å². The molecule has 1 saturated heterocycles. The highest BCUT2D eigenvalue weighted by Gasteiger charge is 2.41. The van der Waals surface area contributed by atoms with E-state index in [1.165, 1.54) is 17.0 Å². The molecule has 0 aromatic heterocycles. The molecule has 6 N–H and O–H groups in total. The van der Waals surface area contributed by atoms with Crippen LogP contribution in [0.3, 0.4) is 0 Å². The van der Waals surface area contributed by atoms with Crippen LogP contribution < -0.4 is 15.3 Å². The highest BCUT2D eigenvalue weighted by molar-refractivity contribution is 6.47. The number of amides is 5.